The number of aromatic nitrogens is 2. The fourth-order valence-electron chi connectivity index (χ4n) is 3.56. The normalized spacial score (nSPS) is 22.8. The fraction of sp³-hybridized carbons (Fsp3) is 0.588. The third kappa shape index (κ3) is 3.07. The first-order valence-corrected chi connectivity index (χ1v) is 8.81. The first-order chi connectivity index (χ1) is 10.2. The fourth-order valence-corrected chi connectivity index (χ4v) is 4.00. The third-order valence-corrected chi connectivity index (χ3v) is 5.31. The minimum Gasteiger partial charge on any atom is -0.326 e. The smallest absolute Gasteiger partial charge is 0.111 e. The van der Waals surface area contributed by atoms with Crippen LogP contribution in [0.1, 0.15) is 38.4 Å². The van der Waals surface area contributed by atoms with Gasteiger partial charge >= 0.3 is 0 Å². The number of alkyl halides is 1. The van der Waals surface area contributed by atoms with E-state index in [1.54, 1.807) is 0 Å². The lowest BCUT2D eigenvalue weighted by atomic mass is 9.80. The molecule has 0 saturated heterocycles. The van der Waals surface area contributed by atoms with Gasteiger partial charge < -0.3 is 4.57 Å². The number of hydrogen-bond donors (Lipinski definition) is 0. The van der Waals surface area contributed by atoms with Gasteiger partial charge in [-0.25, -0.2) is 4.98 Å². The highest BCUT2D eigenvalue weighted by atomic mass is 35.5. The summed E-state index contributed by atoms with van der Waals surface area (Å²) in [5, 5.41) is 0.796. The second kappa shape index (κ2) is 6.58. The molecule has 0 spiro atoms. The van der Waals surface area contributed by atoms with Crippen LogP contribution in [-0.4, -0.2) is 15.4 Å². The van der Waals surface area contributed by atoms with Gasteiger partial charge in [-0.2, -0.15) is 0 Å². The highest BCUT2D eigenvalue weighted by molar-refractivity contribution is 6.35. The Morgan fingerprint density at radius 1 is 1.29 bits per heavy atom. The monoisotopic (exact) mass is 324 g/mol. The van der Waals surface area contributed by atoms with Gasteiger partial charge in [0.15, 0.2) is 0 Å². The van der Waals surface area contributed by atoms with Gasteiger partial charge in [0, 0.05) is 18.8 Å². The van der Waals surface area contributed by atoms with Crippen molar-refractivity contribution >= 4 is 34.2 Å². The molecule has 3 rings (SSSR count). The van der Waals surface area contributed by atoms with Crippen LogP contribution >= 0.6 is 23.2 Å². The molecule has 1 aromatic carbocycles. The first-order valence-electron chi connectivity index (χ1n) is 7.90. The quantitative estimate of drug-likeness (QED) is 0.698. The molecule has 0 aliphatic heterocycles. The maximum absolute atomic E-state index is 6.44. The van der Waals surface area contributed by atoms with E-state index in [-0.39, 0.29) is 0 Å². The van der Waals surface area contributed by atoms with E-state index in [9.17, 15) is 0 Å². The Morgan fingerprint density at radius 2 is 2.10 bits per heavy atom. The largest absolute Gasteiger partial charge is 0.326 e. The predicted molar refractivity (Wildman–Crippen MR) is 90.3 cm³/mol. The molecule has 1 aliphatic rings. The minimum atomic E-state index is 0.598. The molecule has 21 heavy (non-hydrogen) atoms. The molecular weight excluding hydrogens is 303 g/mol. The summed E-state index contributed by atoms with van der Waals surface area (Å²) in [4.78, 5) is 4.75. The molecule has 0 bridgehead atoms. The van der Waals surface area contributed by atoms with E-state index >= 15 is 0 Å². The molecule has 1 saturated carbocycles. The van der Waals surface area contributed by atoms with Crippen LogP contribution in [0.4, 0.5) is 0 Å². The lowest BCUT2D eigenvalue weighted by molar-refractivity contribution is 0.229. The zero-order chi connectivity index (χ0) is 14.8. The summed E-state index contributed by atoms with van der Waals surface area (Å²) >= 11 is 12.4. The van der Waals surface area contributed by atoms with Crippen LogP contribution in [0.15, 0.2) is 18.2 Å². The molecule has 1 aliphatic carbocycles. The number of hydrogen-bond acceptors (Lipinski definition) is 1. The van der Waals surface area contributed by atoms with E-state index in [1.807, 2.05) is 18.2 Å². The van der Waals surface area contributed by atoms with Gasteiger partial charge in [0.25, 0.3) is 0 Å². The van der Waals surface area contributed by atoms with Gasteiger partial charge in [0.05, 0.1) is 16.1 Å². The van der Waals surface area contributed by atoms with Crippen LogP contribution in [0.25, 0.3) is 11.0 Å². The maximum atomic E-state index is 6.44. The number of para-hydroxylation sites is 1. The summed E-state index contributed by atoms with van der Waals surface area (Å²) < 4.78 is 2.33. The van der Waals surface area contributed by atoms with Crippen molar-refractivity contribution in [3.8, 4) is 0 Å². The van der Waals surface area contributed by atoms with Crippen molar-refractivity contribution in [1.82, 2.24) is 9.55 Å². The predicted octanol–water partition coefficient (Wildman–Crippen LogP) is 5.30. The molecule has 0 N–H and O–H groups in total. The zero-order valence-electron chi connectivity index (χ0n) is 12.5. The van der Waals surface area contributed by atoms with Gasteiger partial charge in [-0.3, -0.25) is 0 Å². The number of halogens is 2. The number of nitrogens with zero attached hydrogens (tertiary/aromatic N) is 2. The zero-order valence-corrected chi connectivity index (χ0v) is 14.0. The van der Waals surface area contributed by atoms with Crippen molar-refractivity contribution < 1.29 is 0 Å². The summed E-state index contributed by atoms with van der Waals surface area (Å²) in [7, 11) is 0. The summed E-state index contributed by atoms with van der Waals surface area (Å²) in [5.41, 5.74) is 2.07. The lowest BCUT2D eigenvalue weighted by Gasteiger charge is -2.29. The maximum Gasteiger partial charge on any atom is 0.111 e. The molecule has 1 aromatic heterocycles. The average molecular weight is 325 g/mol. The van der Waals surface area contributed by atoms with E-state index in [0.29, 0.717) is 5.88 Å². The first kappa shape index (κ1) is 15.2. The summed E-state index contributed by atoms with van der Waals surface area (Å²) in [6.45, 7) is 3.40. The number of aryl methyl sites for hydroxylation is 1. The standard InChI is InChI=1S/C17H22Cl2N2/c1-12-5-2-3-6-13(12)11-21-16(9-10-18)20-15-8-4-7-14(19)17(15)21/h4,7-8,12-13H,2-3,5-6,9-11H2,1H3. The van der Waals surface area contributed by atoms with E-state index in [4.69, 9.17) is 28.2 Å². The molecule has 2 nitrogen and oxygen atoms in total. The van der Waals surface area contributed by atoms with Gasteiger partial charge in [0.2, 0.25) is 0 Å². The highest BCUT2D eigenvalue weighted by Gasteiger charge is 2.24. The second-order valence-corrected chi connectivity index (χ2v) is 6.99. The van der Waals surface area contributed by atoms with Crippen molar-refractivity contribution in [3.05, 3.63) is 29.0 Å². The van der Waals surface area contributed by atoms with Gasteiger partial charge in [0.1, 0.15) is 5.82 Å². The van der Waals surface area contributed by atoms with Crippen LogP contribution in [0, 0.1) is 11.8 Å². The van der Waals surface area contributed by atoms with E-state index < -0.39 is 0 Å². The molecule has 114 valence electrons. The van der Waals surface area contributed by atoms with Crippen LogP contribution < -0.4 is 0 Å². The molecular formula is C17H22Cl2N2. The molecule has 2 atom stereocenters. The Labute approximate surface area is 136 Å². The minimum absolute atomic E-state index is 0.598. The number of rotatable bonds is 4. The van der Waals surface area contributed by atoms with Gasteiger partial charge in [-0.05, 0) is 30.4 Å². The Kier molecular flexibility index (Phi) is 4.75. The molecule has 0 amide bonds. The lowest BCUT2D eigenvalue weighted by Crippen LogP contribution is -2.23. The number of benzene rings is 1. The Bertz CT molecular complexity index is 621. The van der Waals surface area contributed by atoms with Gasteiger partial charge in [-0.1, -0.05) is 43.9 Å². The van der Waals surface area contributed by atoms with Crippen molar-refractivity contribution in [1.29, 1.82) is 0 Å². The summed E-state index contributed by atoms with van der Waals surface area (Å²) in [6, 6.07) is 5.96. The van der Waals surface area contributed by atoms with Crippen molar-refractivity contribution in [3.63, 3.8) is 0 Å². The van der Waals surface area contributed by atoms with E-state index in [1.165, 1.54) is 25.7 Å². The average Bonchev–Trinajstić information content (AvgIpc) is 2.81. The summed E-state index contributed by atoms with van der Waals surface area (Å²) in [6.07, 6.45) is 6.17. The molecule has 1 heterocycles. The van der Waals surface area contributed by atoms with E-state index in [2.05, 4.69) is 11.5 Å². The van der Waals surface area contributed by atoms with Crippen LogP contribution in [0.3, 0.4) is 0 Å². The SMILES string of the molecule is CC1CCCCC1Cn1c(CCCl)nc2cccc(Cl)c21. The van der Waals surface area contributed by atoms with Crippen molar-refractivity contribution in [2.75, 3.05) is 5.88 Å². The molecule has 0 radical (unpaired) electrons. The topological polar surface area (TPSA) is 17.8 Å². The van der Waals surface area contributed by atoms with Crippen molar-refractivity contribution in [2.24, 2.45) is 11.8 Å². The van der Waals surface area contributed by atoms with Gasteiger partial charge in [-0.15, -0.1) is 11.6 Å². The molecule has 2 unspecified atom stereocenters. The van der Waals surface area contributed by atoms with Crippen LogP contribution in [0.5, 0.6) is 0 Å². The van der Waals surface area contributed by atoms with Crippen LogP contribution in [-0.2, 0) is 13.0 Å². The van der Waals surface area contributed by atoms with Crippen LogP contribution in [0.2, 0.25) is 5.02 Å². The second-order valence-electron chi connectivity index (χ2n) is 6.21. The third-order valence-electron chi connectivity index (χ3n) is 4.82. The highest BCUT2D eigenvalue weighted by Crippen LogP contribution is 2.33. The Balaban J connectivity index is 2.00. The Morgan fingerprint density at radius 3 is 2.86 bits per heavy atom. The number of imidazole rings is 1. The van der Waals surface area contributed by atoms with E-state index in [0.717, 1.165) is 46.7 Å². The molecule has 2 aromatic rings. The van der Waals surface area contributed by atoms with Crippen molar-refractivity contribution in [2.45, 2.75) is 45.6 Å². The summed E-state index contributed by atoms with van der Waals surface area (Å²) in [5.74, 6) is 3.18. The Hall–Kier alpha value is -0.730. The molecule has 4 heteroatoms. The number of fused-ring (bicyclic) bond motifs is 1. The molecule has 1 fully saturated rings.